The van der Waals surface area contributed by atoms with E-state index in [1.165, 1.54) is 0 Å². The summed E-state index contributed by atoms with van der Waals surface area (Å²) in [5.41, 5.74) is 1.68. The van der Waals surface area contributed by atoms with Crippen LogP contribution in [0.3, 0.4) is 0 Å². The van der Waals surface area contributed by atoms with E-state index in [9.17, 15) is 4.79 Å². The third-order valence-electron chi connectivity index (χ3n) is 3.35. The van der Waals surface area contributed by atoms with Crippen molar-refractivity contribution in [3.63, 3.8) is 0 Å². The zero-order chi connectivity index (χ0) is 13.7. The number of nitrogens with zero attached hydrogens (tertiary/aromatic N) is 1. The minimum absolute atomic E-state index is 0.168. The molecule has 1 heterocycles. The molecule has 0 aromatic heterocycles. The molecule has 1 aliphatic rings. The van der Waals surface area contributed by atoms with E-state index in [1.807, 2.05) is 23.1 Å². The molecule has 0 amide bonds. The lowest BCUT2D eigenvalue weighted by atomic mass is 10.0. The molecule has 1 aromatic carbocycles. The maximum Gasteiger partial charge on any atom is 0.241 e. The maximum absolute atomic E-state index is 12.2. The van der Waals surface area contributed by atoms with Crippen molar-refractivity contribution in [1.82, 2.24) is 4.90 Å². The number of carbonyl (C=O) groups excluding carboxylic acids is 1. The average Bonchev–Trinajstić information content (AvgIpc) is 2.97. The lowest BCUT2D eigenvalue weighted by Gasteiger charge is -2.08. The smallest absolute Gasteiger partial charge is 0.241 e. The van der Waals surface area contributed by atoms with E-state index < -0.39 is 0 Å². The van der Waals surface area contributed by atoms with Crippen LogP contribution in [0.4, 0.5) is 0 Å². The first-order chi connectivity index (χ1) is 9.24. The quantitative estimate of drug-likeness (QED) is 0.615. The fourth-order valence-electron chi connectivity index (χ4n) is 2.18. The summed E-state index contributed by atoms with van der Waals surface area (Å²) in [4.78, 5) is 14.2. The number of Topliss-reactive ketones (excluding diaryl/α,β-unsaturated/α-hetero) is 1. The van der Waals surface area contributed by atoms with E-state index in [2.05, 4.69) is 18.9 Å². The third-order valence-corrected chi connectivity index (χ3v) is 3.35. The number of aryl methyl sites for hydroxylation is 1. The number of rotatable bonds is 3. The van der Waals surface area contributed by atoms with Gasteiger partial charge in [-0.3, -0.25) is 4.79 Å². The number of ketones is 1. The first-order valence-corrected chi connectivity index (χ1v) is 6.72. The van der Waals surface area contributed by atoms with Crippen LogP contribution in [0, 0.1) is 12.0 Å². The van der Waals surface area contributed by atoms with Crippen molar-refractivity contribution in [2.45, 2.75) is 26.2 Å². The van der Waals surface area contributed by atoms with Gasteiger partial charge in [0.2, 0.25) is 5.78 Å². The van der Waals surface area contributed by atoms with Crippen molar-refractivity contribution in [3.05, 3.63) is 29.3 Å². The predicted octanol–water partition coefficient (Wildman–Crippen LogP) is 2.50. The summed E-state index contributed by atoms with van der Waals surface area (Å²) in [6.45, 7) is 3.99. The molecule has 3 heteroatoms. The van der Waals surface area contributed by atoms with Gasteiger partial charge in [-0.25, -0.2) is 0 Å². The van der Waals surface area contributed by atoms with Crippen molar-refractivity contribution < 1.29 is 9.53 Å². The highest BCUT2D eigenvalue weighted by molar-refractivity contribution is 6.10. The fourth-order valence-corrected chi connectivity index (χ4v) is 2.18. The van der Waals surface area contributed by atoms with Gasteiger partial charge in [-0.05, 0) is 37.0 Å². The summed E-state index contributed by atoms with van der Waals surface area (Å²) in [5, 5.41) is 0. The molecule has 0 N–H and O–H groups in total. The van der Waals surface area contributed by atoms with Crippen LogP contribution in [0.25, 0.3) is 0 Å². The van der Waals surface area contributed by atoms with Crippen LogP contribution in [0.2, 0.25) is 0 Å². The number of ether oxygens (including phenoxy) is 1. The maximum atomic E-state index is 12.2. The summed E-state index contributed by atoms with van der Waals surface area (Å²) in [6, 6.07) is 8.63. The van der Waals surface area contributed by atoms with Gasteiger partial charge in [-0.1, -0.05) is 13.0 Å². The van der Waals surface area contributed by atoms with Gasteiger partial charge >= 0.3 is 0 Å². The van der Waals surface area contributed by atoms with E-state index in [0.717, 1.165) is 37.9 Å². The van der Waals surface area contributed by atoms with E-state index in [-0.39, 0.29) is 5.78 Å². The molecule has 0 spiro atoms. The second kappa shape index (κ2) is 6.29. The molecule has 0 bridgehead atoms. The van der Waals surface area contributed by atoms with Crippen LogP contribution in [0.1, 0.15) is 35.7 Å². The van der Waals surface area contributed by atoms with Crippen LogP contribution in [-0.2, 0) is 6.42 Å². The lowest BCUT2D eigenvalue weighted by molar-refractivity contribution is 0.105. The topological polar surface area (TPSA) is 29.5 Å². The molecule has 19 heavy (non-hydrogen) atoms. The summed E-state index contributed by atoms with van der Waals surface area (Å²) in [5.74, 6) is 3.15. The molecule has 0 saturated carbocycles. The molecule has 0 radical (unpaired) electrons. The molecule has 0 unspecified atom stereocenters. The zero-order valence-electron chi connectivity index (χ0n) is 11.5. The third kappa shape index (κ3) is 3.29. The molecule has 0 atom stereocenters. The van der Waals surface area contributed by atoms with Gasteiger partial charge in [0.05, 0.1) is 12.7 Å². The SMILES string of the molecule is CCc1ccc(OC)c(C(=O)C#CN2CCCC2)c1. The fraction of sp³-hybridized carbons (Fsp3) is 0.438. The number of hydrogen-bond donors (Lipinski definition) is 0. The Hall–Kier alpha value is -1.95. The minimum atomic E-state index is -0.168. The van der Waals surface area contributed by atoms with Gasteiger partial charge in [0.1, 0.15) is 5.75 Å². The van der Waals surface area contributed by atoms with Gasteiger partial charge in [0, 0.05) is 25.1 Å². The summed E-state index contributed by atoms with van der Waals surface area (Å²) in [6.07, 6.45) is 3.22. The van der Waals surface area contributed by atoms with Gasteiger partial charge < -0.3 is 9.64 Å². The molecule has 1 aliphatic heterocycles. The normalized spacial score (nSPS) is 13.9. The summed E-state index contributed by atoms with van der Waals surface area (Å²) >= 11 is 0. The van der Waals surface area contributed by atoms with Crippen molar-refractivity contribution in [2.24, 2.45) is 0 Å². The molecule has 0 aliphatic carbocycles. The highest BCUT2D eigenvalue weighted by atomic mass is 16.5. The Morgan fingerprint density at radius 3 is 2.74 bits per heavy atom. The van der Waals surface area contributed by atoms with Crippen LogP contribution in [-0.4, -0.2) is 30.9 Å². The molecular formula is C16H19NO2. The number of carbonyl (C=O) groups is 1. The number of benzene rings is 1. The number of likely N-dealkylation sites (tertiary alicyclic amines) is 1. The second-order valence-corrected chi connectivity index (χ2v) is 4.65. The Bertz CT molecular complexity index is 519. The predicted molar refractivity (Wildman–Crippen MR) is 75.3 cm³/mol. The summed E-state index contributed by atoms with van der Waals surface area (Å²) in [7, 11) is 1.58. The van der Waals surface area contributed by atoms with Crippen molar-refractivity contribution in [3.8, 4) is 17.7 Å². The van der Waals surface area contributed by atoms with Gasteiger partial charge in [0.25, 0.3) is 0 Å². The van der Waals surface area contributed by atoms with Gasteiger partial charge in [-0.15, -0.1) is 0 Å². The Kier molecular flexibility index (Phi) is 4.46. The molecule has 2 rings (SSSR count). The van der Waals surface area contributed by atoms with Crippen molar-refractivity contribution >= 4 is 5.78 Å². The lowest BCUT2D eigenvalue weighted by Crippen LogP contribution is -2.12. The first kappa shape index (κ1) is 13.5. The van der Waals surface area contributed by atoms with Crippen LogP contribution >= 0.6 is 0 Å². The molecule has 1 saturated heterocycles. The molecule has 3 nitrogen and oxygen atoms in total. The number of hydrogen-bond acceptors (Lipinski definition) is 3. The van der Waals surface area contributed by atoms with E-state index in [1.54, 1.807) is 7.11 Å². The van der Waals surface area contributed by atoms with E-state index >= 15 is 0 Å². The van der Waals surface area contributed by atoms with Crippen LogP contribution in [0.5, 0.6) is 5.75 Å². The van der Waals surface area contributed by atoms with Crippen LogP contribution in [0.15, 0.2) is 18.2 Å². The van der Waals surface area contributed by atoms with E-state index in [4.69, 9.17) is 4.74 Å². The van der Waals surface area contributed by atoms with Crippen molar-refractivity contribution in [2.75, 3.05) is 20.2 Å². The minimum Gasteiger partial charge on any atom is -0.496 e. The standard InChI is InChI=1S/C16H19NO2/c1-3-13-6-7-16(19-2)14(12-13)15(18)8-11-17-9-4-5-10-17/h6-7,12H,3-5,9-10H2,1-2H3. The summed E-state index contributed by atoms with van der Waals surface area (Å²) < 4.78 is 5.24. The molecular weight excluding hydrogens is 238 g/mol. The van der Waals surface area contributed by atoms with Crippen molar-refractivity contribution in [1.29, 1.82) is 0 Å². The largest absolute Gasteiger partial charge is 0.496 e. The Balaban J connectivity index is 2.21. The van der Waals surface area contributed by atoms with Gasteiger partial charge in [0.15, 0.2) is 0 Å². The second-order valence-electron chi connectivity index (χ2n) is 4.65. The number of methoxy groups -OCH3 is 1. The van der Waals surface area contributed by atoms with Gasteiger partial charge in [-0.2, -0.15) is 0 Å². The zero-order valence-corrected chi connectivity index (χ0v) is 11.5. The Morgan fingerprint density at radius 1 is 1.37 bits per heavy atom. The molecule has 100 valence electrons. The average molecular weight is 257 g/mol. The Labute approximate surface area is 114 Å². The highest BCUT2D eigenvalue weighted by Gasteiger charge is 2.12. The monoisotopic (exact) mass is 257 g/mol. The van der Waals surface area contributed by atoms with Crippen LogP contribution < -0.4 is 4.74 Å². The molecule has 1 fully saturated rings. The van der Waals surface area contributed by atoms with E-state index in [0.29, 0.717) is 11.3 Å². The molecule has 1 aromatic rings. The first-order valence-electron chi connectivity index (χ1n) is 6.72. The Morgan fingerprint density at radius 2 is 2.11 bits per heavy atom. The highest BCUT2D eigenvalue weighted by Crippen LogP contribution is 2.20.